The first-order valence-corrected chi connectivity index (χ1v) is 8.87. The molecule has 0 spiro atoms. The van der Waals surface area contributed by atoms with Gasteiger partial charge in [-0.2, -0.15) is 0 Å². The molecule has 0 aliphatic heterocycles. The van der Waals surface area contributed by atoms with Gasteiger partial charge < -0.3 is 28.8 Å². The summed E-state index contributed by atoms with van der Waals surface area (Å²) in [4.78, 5) is 12.9. The summed E-state index contributed by atoms with van der Waals surface area (Å²) >= 11 is 0. The molecule has 0 aliphatic rings. The van der Waals surface area contributed by atoms with Crippen molar-refractivity contribution in [3.63, 3.8) is 0 Å². The van der Waals surface area contributed by atoms with Gasteiger partial charge in [0.05, 0.1) is 14.2 Å². The molecule has 3 rings (SSSR count). The smallest absolute Gasteiger partial charge is 0.239 e. The van der Waals surface area contributed by atoms with E-state index in [0.717, 1.165) is 5.57 Å². The lowest BCUT2D eigenvalue weighted by molar-refractivity contribution is 0.358. The van der Waals surface area contributed by atoms with Crippen LogP contribution in [-0.4, -0.2) is 31.0 Å². The average molecular weight is 398 g/mol. The highest BCUT2D eigenvalue weighted by Gasteiger charge is 2.21. The predicted octanol–water partition coefficient (Wildman–Crippen LogP) is 4.23. The molecule has 152 valence electrons. The number of allylic oxidation sites excluding steroid dienone is 1. The maximum Gasteiger partial charge on any atom is 0.239 e. The third-order valence-corrected chi connectivity index (χ3v) is 4.29. The van der Waals surface area contributed by atoms with Crippen molar-refractivity contribution in [3.05, 3.63) is 52.2 Å². The van der Waals surface area contributed by atoms with Gasteiger partial charge in [0.25, 0.3) is 0 Å². The molecule has 3 aromatic rings. The van der Waals surface area contributed by atoms with Gasteiger partial charge in [-0.15, -0.1) is 0 Å². The number of hydrogen-bond donors (Lipinski definition) is 2. The van der Waals surface area contributed by atoms with Crippen LogP contribution in [0.15, 0.2) is 51.2 Å². The van der Waals surface area contributed by atoms with Crippen LogP contribution in [0.2, 0.25) is 0 Å². The van der Waals surface area contributed by atoms with Crippen LogP contribution < -0.4 is 19.6 Å². The van der Waals surface area contributed by atoms with Gasteiger partial charge in [-0.05, 0) is 38.1 Å². The molecule has 1 heterocycles. The van der Waals surface area contributed by atoms with Crippen LogP contribution in [0.25, 0.3) is 22.3 Å². The quantitative estimate of drug-likeness (QED) is 0.600. The molecule has 0 unspecified atom stereocenters. The molecule has 0 saturated carbocycles. The van der Waals surface area contributed by atoms with E-state index in [1.807, 2.05) is 19.9 Å². The Morgan fingerprint density at radius 2 is 1.83 bits per heavy atom. The van der Waals surface area contributed by atoms with Crippen LogP contribution >= 0.6 is 0 Å². The van der Waals surface area contributed by atoms with Crippen LogP contribution in [0.5, 0.6) is 28.7 Å². The van der Waals surface area contributed by atoms with Gasteiger partial charge in [0, 0.05) is 17.7 Å². The first-order chi connectivity index (χ1) is 13.8. The number of aromatic hydroxyl groups is 2. The summed E-state index contributed by atoms with van der Waals surface area (Å²) in [6.45, 7) is 4.21. The van der Waals surface area contributed by atoms with Gasteiger partial charge in [-0.3, -0.25) is 4.79 Å². The van der Waals surface area contributed by atoms with Gasteiger partial charge in [-0.1, -0.05) is 5.57 Å². The van der Waals surface area contributed by atoms with E-state index >= 15 is 0 Å². The monoisotopic (exact) mass is 398 g/mol. The number of phenolic OH excluding ortho intramolecular Hbond substituents is 2. The Morgan fingerprint density at radius 1 is 1.07 bits per heavy atom. The lowest BCUT2D eigenvalue weighted by Crippen LogP contribution is -2.08. The highest BCUT2D eigenvalue weighted by atomic mass is 16.5. The zero-order valence-corrected chi connectivity index (χ0v) is 16.6. The summed E-state index contributed by atoms with van der Waals surface area (Å²) < 4.78 is 21.9. The normalized spacial score (nSPS) is 10.6. The van der Waals surface area contributed by atoms with E-state index in [9.17, 15) is 15.0 Å². The van der Waals surface area contributed by atoms with E-state index in [0.29, 0.717) is 17.9 Å². The topological polar surface area (TPSA) is 98.4 Å². The summed E-state index contributed by atoms with van der Waals surface area (Å²) in [5.74, 6) is 0.328. The molecule has 0 aliphatic carbocycles. The number of methoxy groups -OCH3 is 2. The highest BCUT2D eigenvalue weighted by molar-refractivity contribution is 5.88. The third-order valence-electron chi connectivity index (χ3n) is 4.29. The SMILES string of the molecule is COc1cc(-c2oc3cc(OCC=C(C)C)cc(O)c3c(=O)c2OC)ccc1O. The number of ether oxygens (including phenoxy) is 3. The fourth-order valence-electron chi connectivity index (χ4n) is 2.84. The van der Waals surface area contributed by atoms with Crippen LogP contribution in [-0.2, 0) is 0 Å². The van der Waals surface area contributed by atoms with E-state index < -0.39 is 5.43 Å². The summed E-state index contributed by atoms with van der Waals surface area (Å²) in [5, 5.41) is 20.2. The zero-order chi connectivity index (χ0) is 21.1. The Hall–Kier alpha value is -3.61. The third kappa shape index (κ3) is 3.99. The van der Waals surface area contributed by atoms with E-state index in [2.05, 4.69) is 0 Å². The molecule has 0 saturated heterocycles. The van der Waals surface area contributed by atoms with Crippen molar-refractivity contribution >= 4 is 11.0 Å². The van der Waals surface area contributed by atoms with Crippen molar-refractivity contribution in [1.82, 2.24) is 0 Å². The van der Waals surface area contributed by atoms with Crippen LogP contribution in [0.3, 0.4) is 0 Å². The van der Waals surface area contributed by atoms with Gasteiger partial charge in [0.2, 0.25) is 11.2 Å². The second-order valence-corrected chi connectivity index (χ2v) is 6.59. The van der Waals surface area contributed by atoms with Crippen LogP contribution in [0.1, 0.15) is 13.8 Å². The molecule has 0 atom stereocenters. The summed E-state index contributed by atoms with van der Waals surface area (Å²) in [5.41, 5.74) is 1.18. The maximum absolute atomic E-state index is 12.9. The lowest BCUT2D eigenvalue weighted by atomic mass is 10.1. The minimum atomic E-state index is -0.524. The number of hydrogen-bond acceptors (Lipinski definition) is 7. The van der Waals surface area contributed by atoms with E-state index in [1.165, 1.54) is 38.5 Å². The lowest BCUT2D eigenvalue weighted by Gasteiger charge is -2.12. The second-order valence-electron chi connectivity index (χ2n) is 6.59. The maximum atomic E-state index is 12.9. The first kappa shape index (κ1) is 20.1. The Labute approximate surface area is 167 Å². The largest absolute Gasteiger partial charge is 0.507 e. The standard InChI is InChI=1S/C22H22O7/c1-12(2)7-8-28-14-10-16(24)19-18(11-14)29-21(22(27-4)20(19)25)13-5-6-15(23)17(9-13)26-3/h5-7,9-11,23-24H,8H2,1-4H3. The fraction of sp³-hybridized carbons (Fsp3) is 0.227. The Bertz CT molecular complexity index is 1140. The molecule has 7 heteroatoms. The number of rotatable bonds is 6. The zero-order valence-electron chi connectivity index (χ0n) is 16.6. The number of phenols is 2. The molecular weight excluding hydrogens is 376 g/mol. The van der Waals surface area contributed by atoms with Crippen LogP contribution in [0.4, 0.5) is 0 Å². The molecular formula is C22H22O7. The molecule has 2 aromatic carbocycles. The van der Waals surface area contributed by atoms with Crippen molar-refractivity contribution in [2.45, 2.75) is 13.8 Å². The molecule has 1 aromatic heterocycles. The molecule has 29 heavy (non-hydrogen) atoms. The van der Waals surface area contributed by atoms with Gasteiger partial charge >= 0.3 is 0 Å². The van der Waals surface area contributed by atoms with E-state index in [1.54, 1.807) is 6.07 Å². The second kappa shape index (κ2) is 8.18. The average Bonchev–Trinajstić information content (AvgIpc) is 2.67. The molecule has 7 nitrogen and oxygen atoms in total. The molecule has 0 radical (unpaired) electrons. The fourth-order valence-corrected chi connectivity index (χ4v) is 2.84. The van der Waals surface area contributed by atoms with Gasteiger partial charge in [-0.25, -0.2) is 0 Å². The van der Waals surface area contributed by atoms with Crippen molar-refractivity contribution in [2.24, 2.45) is 0 Å². The van der Waals surface area contributed by atoms with E-state index in [4.69, 9.17) is 18.6 Å². The van der Waals surface area contributed by atoms with Crippen molar-refractivity contribution < 1.29 is 28.8 Å². The van der Waals surface area contributed by atoms with Crippen molar-refractivity contribution in [1.29, 1.82) is 0 Å². The Balaban J connectivity index is 2.20. The molecule has 0 fully saturated rings. The Kier molecular flexibility index (Phi) is 5.68. The summed E-state index contributed by atoms with van der Waals surface area (Å²) in [6.07, 6.45) is 1.89. The molecule has 2 N–H and O–H groups in total. The number of benzene rings is 2. The minimum Gasteiger partial charge on any atom is -0.507 e. The van der Waals surface area contributed by atoms with Gasteiger partial charge in [0.1, 0.15) is 29.1 Å². The van der Waals surface area contributed by atoms with Crippen molar-refractivity contribution in [2.75, 3.05) is 20.8 Å². The minimum absolute atomic E-state index is 0.00842. The molecule has 0 amide bonds. The highest BCUT2D eigenvalue weighted by Crippen LogP contribution is 2.38. The number of fused-ring (bicyclic) bond motifs is 1. The summed E-state index contributed by atoms with van der Waals surface area (Å²) in [7, 11) is 2.76. The first-order valence-electron chi connectivity index (χ1n) is 8.87. The van der Waals surface area contributed by atoms with Crippen molar-refractivity contribution in [3.8, 4) is 40.1 Å². The Morgan fingerprint density at radius 3 is 2.48 bits per heavy atom. The molecule has 0 bridgehead atoms. The van der Waals surface area contributed by atoms with E-state index in [-0.39, 0.29) is 39.7 Å². The van der Waals surface area contributed by atoms with Gasteiger partial charge in [0.15, 0.2) is 17.3 Å². The summed E-state index contributed by atoms with van der Waals surface area (Å²) in [6, 6.07) is 7.42. The van der Waals surface area contributed by atoms with Crippen LogP contribution in [0, 0.1) is 0 Å². The predicted molar refractivity (Wildman–Crippen MR) is 109 cm³/mol.